The number of benzene rings is 1. The van der Waals surface area contributed by atoms with Gasteiger partial charge < -0.3 is 4.74 Å². The number of rotatable bonds is 4. The molecule has 88 valence electrons. The Kier molecular flexibility index (Phi) is 5.25. The van der Waals surface area contributed by atoms with Gasteiger partial charge in [0, 0.05) is 11.5 Å². The summed E-state index contributed by atoms with van der Waals surface area (Å²) in [5.41, 5.74) is 0.812. The Labute approximate surface area is 105 Å². The summed E-state index contributed by atoms with van der Waals surface area (Å²) in [6, 6.07) is 11.2. The van der Waals surface area contributed by atoms with E-state index < -0.39 is 5.97 Å². The molecule has 1 aromatic carbocycles. The van der Waals surface area contributed by atoms with E-state index in [1.54, 1.807) is 13.0 Å². The molecule has 1 rings (SSSR count). The first-order valence-electron chi connectivity index (χ1n) is 5.18. The Morgan fingerprint density at radius 3 is 2.59 bits per heavy atom. The van der Waals surface area contributed by atoms with Crippen molar-refractivity contribution < 1.29 is 9.53 Å². The van der Waals surface area contributed by atoms with Gasteiger partial charge in [-0.1, -0.05) is 41.9 Å². The Bertz CT molecular complexity index is 460. The summed E-state index contributed by atoms with van der Waals surface area (Å²) in [5, 5.41) is 9.08. The Balaban J connectivity index is 2.88. The summed E-state index contributed by atoms with van der Waals surface area (Å²) in [4.78, 5) is 11.4. The van der Waals surface area contributed by atoms with Crippen LogP contribution >= 0.6 is 11.6 Å². The molecule has 0 saturated heterocycles. The van der Waals surface area contributed by atoms with E-state index in [2.05, 4.69) is 0 Å². The van der Waals surface area contributed by atoms with Crippen molar-refractivity contribution in [2.24, 2.45) is 0 Å². The van der Waals surface area contributed by atoms with Crippen LogP contribution in [0.4, 0.5) is 0 Å². The van der Waals surface area contributed by atoms with Gasteiger partial charge in [0.1, 0.15) is 6.07 Å². The lowest BCUT2D eigenvalue weighted by molar-refractivity contribution is -0.138. The van der Waals surface area contributed by atoms with E-state index in [0.717, 1.165) is 5.56 Å². The Morgan fingerprint density at radius 1 is 1.41 bits per heavy atom. The molecule has 0 aromatic heterocycles. The van der Waals surface area contributed by atoms with E-state index in [9.17, 15) is 4.79 Å². The topological polar surface area (TPSA) is 50.1 Å². The van der Waals surface area contributed by atoms with E-state index in [0.29, 0.717) is 6.42 Å². The summed E-state index contributed by atoms with van der Waals surface area (Å²) in [6.07, 6.45) is 0.351. The van der Waals surface area contributed by atoms with Crippen molar-refractivity contribution in [1.29, 1.82) is 5.26 Å². The van der Waals surface area contributed by atoms with Gasteiger partial charge in [0.15, 0.2) is 5.57 Å². The normalized spacial score (nSPS) is 11.4. The highest BCUT2D eigenvalue weighted by Gasteiger charge is 2.15. The zero-order valence-electron chi connectivity index (χ0n) is 9.44. The monoisotopic (exact) mass is 249 g/mol. The molecule has 0 amide bonds. The molecule has 17 heavy (non-hydrogen) atoms. The van der Waals surface area contributed by atoms with Crippen molar-refractivity contribution in [2.75, 3.05) is 6.61 Å². The zero-order chi connectivity index (χ0) is 12.7. The molecular weight excluding hydrogens is 238 g/mol. The van der Waals surface area contributed by atoms with Crippen LogP contribution in [0.25, 0.3) is 0 Å². The molecule has 0 unspecified atom stereocenters. The fraction of sp³-hybridized carbons (Fsp3) is 0.231. The Hall–Kier alpha value is -1.79. The van der Waals surface area contributed by atoms with Crippen LogP contribution in [0.15, 0.2) is 40.9 Å². The van der Waals surface area contributed by atoms with Gasteiger partial charge in [-0.15, -0.1) is 0 Å². The molecule has 0 fully saturated rings. The molecule has 0 N–H and O–H groups in total. The van der Waals surface area contributed by atoms with E-state index in [-0.39, 0.29) is 17.2 Å². The summed E-state index contributed by atoms with van der Waals surface area (Å²) >= 11 is 5.97. The van der Waals surface area contributed by atoms with Crippen molar-refractivity contribution in [3.8, 4) is 6.07 Å². The van der Waals surface area contributed by atoms with Crippen LogP contribution in [0.5, 0.6) is 0 Å². The molecule has 0 aliphatic carbocycles. The number of carbonyl (C=O) groups is 1. The molecule has 0 aliphatic rings. The highest BCUT2D eigenvalue weighted by Crippen LogP contribution is 2.17. The standard InChI is InChI=1S/C13H12ClNO2/c1-2-17-13(16)11(9-15)12(14)8-10-6-4-3-5-7-10/h3-7H,2,8H2,1H3. The number of ether oxygens (including phenoxy) is 1. The molecule has 0 atom stereocenters. The largest absolute Gasteiger partial charge is 0.462 e. The van der Waals surface area contributed by atoms with Gasteiger partial charge in [0.05, 0.1) is 6.61 Å². The molecule has 0 aliphatic heterocycles. The highest BCUT2D eigenvalue weighted by molar-refractivity contribution is 6.32. The molecule has 0 saturated carbocycles. The molecule has 0 spiro atoms. The second kappa shape index (κ2) is 6.72. The predicted molar refractivity (Wildman–Crippen MR) is 65.3 cm³/mol. The number of halogens is 1. The average molecular weight is 250 g/mol. The summed E-state index contributed by atoms with van der Waals surface area (Å²) in [6.45, 7) is 1.90. The van der Waals surface area contributed by atoms with Crippen LogP contribution in [0.1, 0.15) is 12.5 Å². The van der Waals surface area contributed by atoms with Crippen LogP contribution in [0.3, 0.4) is 0 Å². The summed E-state index contributed by atoms with van der Waals surface area (Å²) in [7, 11) is 0. The van der Waals surface area contributed by atoms with Crippen molar-refractivity contribution in [3.05, 3.63) is 46.5 Å². The van der Waals surface area contributed by atoms with E-state index in [1.165, 1.54) is 0 Å². The lowest BCUT2D eigenvalue weighted by atomic mass is 10.1. The summed E-state index contributed by atoms with van der Waals surface area (Å²) in [5.74, 6) is -0.670. The maximum Gasteiger partial charge on any atom is 0.350 e. The minimum Gasteiger partial charge on any atom is -0.462 e. The summed E-state index contributed by atoms with van der Waals surface area (Å²) < 4.78 is 4.75. The number of nitrogens with zero attached hydrogens (tertiary/aromatic N) is 1. The molecule has 1 aromatic rings. The van der Waals surface area contributed by atoms with E-state index >= 15 is 0 Å². The molecule has 0 bridgehead atoms. The second-order valence-electron chi connectivity index (χ2n) is 3.27. The molecule has 4 heteroatoms. The SMILES string of the molecule is CCOC(=O)C(C#N)=C(Cl)Cc1ccccc1. The number of nitriles is 1. The second-order valence-corrected chi connectivity index (χ2v) is 3.73. The molecule has 0 heterocycles. The van der Waals surface area contributed by atoms with Gasteiger partial charge >= 0.3 is 5.97 Å². The van der Waals surface area contributed by atoms with Crippen molar-refractivity contribution >= 4 is 17.6 Å². The van der Waals surface area contributed by atoms with Gasteiger partial charge in [-0.3, -0.25) is 0 Å². The minimum atomic E-state index is -0.670. The average Bonchev–Trinajstić information content (AvgIpc) is 2.31. The lowest BCUT2D eigenvalue weighted by Crippen LogP contribution is -2.08. The molecule has 0 radical (unpaired) electrons. The highest BCUT2D eigenvalue weighted by atomic mass is 35.5. The van der Waals surface area contributed by atoms with Gasteiger partial charge in [0.25, 0.3) is 0 Å². The third-order valence-electron chi connectivity index (χ3n) is 2.06. The molecule has 3 nitrogen and oxygen atoms in total. The number of hydrogen-bond acceptors (Lipinski definition) is 3. The van der Waals surface area contributed by atoms with Crippen LogP contribution in [-0.2, 0) is 16.0 Å². The first-order chi connectivity index (χ1) is 8.19. The minimum absolute atomic E-state index is 0.127. The van der Waals surface area contributed by atoms with Gasteiger partial charge in [-0.2, -0.15) is 5.26 Å². The predicted octanol–water partition coefficient (Wildman–Crippen LogP) is 2.81. The van der Waals surface area contributed by atoms with Crippen molar-refractivity contribution in [3.63, 3.8) is 0 Å². The first-order valence-corrected chi connectivity index (χ1v) is 5.56. The quantitative estimate of drug-likeness (QED) is 0.468. The van der Waals surface area contributed by atoms with Crippen molar-refractivity contribution in [2.45, 2.75) is 13.3 Å². The van der Waals surface area contributed by atoms with Gasteiger partial charge in [0.2, 0.25) is 0 Å². The third-order valence-corrected chi connectivity index (χ3v) is 2.39. The van der Waals surface area contributed by atoms with Crippen molar-refractivity contribution in [1.82, 2.24) is 0 Å². The van der Waals surface area contributed by atoms with Gasteiger partial charge in [-0.25, -0.2) is 4.79 Å². The fourth-order valence-corrected chi connectivity index (χ4v) is 1.56. The van der Waals surface area contributed by atoms with Crippen LogP contribution < -0.4 is 0 Å². The number of allylic oxidation sites excluding steroid dienone is 1. The number of carbonyl (C=O) groups excluding carboxylic acids is 1. The first kappa shape index (κ1) is 13.3. The van der Waals surface area contributed by atoms with Crippen LogP contribution in [0, 0.1) is 11.3 Å². The van der Waals surface area contributed by atoms with E-state index in [4.69, 9.17) is 21.6 Å². The number of hydrogen-bond donors (Lipinski definition) is 0. The smallest absolute Gasteiger partial charge is 0.350 e. The van der Waals surface area contributed by atoms with Gasteiger partial charge in [-0.05, 0) is 12.5 Å². The van der Waals surface area contributed by atoms with E-state index in [1.807, 2.05) is 30.3 Å². The lowest BCUT2D eigenvalue weighted by Gasteiger charge is -2.03. The third kappa shape index (κ3) is 3.93. The molecular formula is C13H12ClNO2. The zero-order valence-corrected chi connectivity index (χ0v) is 10.2. The van der Waals surface area contributed by atoms with Crippen LogP contribution in [-0.4, -0.2) is 12.6 Å². The Morgan fingerprint density at radius 2 is 2.06 bits per heavy atom. The van der Waals surface area contributed by atoms with Crippen LogP contribution in [0.2, 0.25) is 0 Å². The number of esters is 1. The maximum absolute atomic E-state index is 11.4. The maximum atomic E-state index is 11.4. The fourth-order valence-electron chi connectivity index (χ4n) is 1.28.